The van der Waals surface area contributed by atoms with Crippen LogP contribution in [0.1, 0.15) is 25.0 Å². The summed E-state index contributed by atoms with van der Waals surface area (Å²) in [4.78, 5) is 23.5. The van der Waals surface area contributed by atoms with E-state index >= 15 is 0 Å². The lowest BCUT2D eigenvalue weighted by Crippen LogP contribution is -2.49. The summed E-state index contributed by atoms with van der Waals surface area (Å²) in [5.74, 6) is 0.205. The molecule has 0 amide bonds. The van der Waals surface area contributed by atoms with Crippen LogP contribution in [0.5, 0.6) is 0 Å². The van der Waals surface area contributed by atoms with Crippen LogP contribution in [0.4, 0.5) is 19.0 Å². The molecular formula is C19H19F3N4O. The molecule has 0 aliphatic carbocycles. The van der Waals surface area contributed by atoms with Gasteiger partial charge in [0.1, 0.15) is 17.5 Å². The van der Waals surface area contributed by atoms with Crippen LogP contribution >= 0.6 is 0 Å². The fraction of sp³-hybridized carbons (Fsp3) is 0.368. The smallest absolute Gasteiger partial charge is 0.346 e. The molecule has 5 nitrogen and oxygen atoms in total. The van der Waals surface area contributed by atoms with Crippen molar-refractivity contribution in [3.63, 3.8) is 0 Å². The molecular weight excluding hydrogens is 357 g/mol. The van der Waals surface area contributed by atoms with E-state index in [0.29, 0.717) is 24.1 Å². The Kier molecular flexibility index (Phi) is 4.20. The van der Waals surface area contributed by atoms with Crippen LogP contribution in [0, 0.1) is 6.92 Å². The van der Waals surface area contributed by atoms with Gasteiger partial charge in [0.05, 0.1) is 0 Å². The van der Waals surface area contributed by atoms with Crippen molar-refractivity contribution >= 4 is 16.9 Å². The number of hydrogen-bond donors (Lipinski definition) is 2. The van der Waals surface area contributed by atoms with Gasteiger partial charge in [0.2, 0.25) is 5.56 Å². The van der Waals surface area contributed by atoms with Crippen LogP contribution in [-0.2, 0) is 0 Å². The van der Waals surface area contributed by atoms with Gasteiger partial charge in [-0.05, 0) is 55.5 Å². The normalized spacial score (nSPS) is 18.2. The molecule has 8 heteroatoms. The lowest BCUT2D eigenvalue weighted by atomic mass is 10.0. The fourth-order valence-electron chi connectivity index (χ4n) is 3.81. The standard InChI is InChI=1S/C19H19F3N4O/c1-11-8-14-13(5-6-23-18(14)24-11)12-9-16(25-17(27)10-12)26-7-3-2-4-15(26)19(20,21)22/h5-6,8-10,15H,2-4,7H2,1H3,(H,23,24)(H,25,27). The molecule has 4 rings (SSSR count). The maximum atomic E-state index is 13.5. The zero-order chi connectivity index (χ0) is 19.2. The minimum absolute atomic E-state index is 0.0340. The van der Waals surface area contributed by atoms with Gasteiger partial charge in [0, 0.05) is 29.9 Å². The van der Waals surface area contributed by atoms with Crippen LogP contribution in [0.15, 0.2) is 35.3 Å². The number of alkyl halides is 3. The Balaban J connectivity index is 1.83. The van der Waals surface area contributed by atoms with E-state index in [1.807, 2.05) is 13.0 Å². The van der Waals surface area contributed by atoms with Crippen molar-refractivity contribution in [2.75, 3.05) is 11.4 Å². The number of halogens is 3. The SMILES string of the molecule is Cc1cc2c(-c3cc(N4CCCCC4C(F)(F)F)[nH]c(=O)c3)ccnc2[nH]1. The highest BCUT2D eigenvalue weighted by Crippen LogP contribution is 2.35. The number of rotatable bonds is 2. The van der Waals surface area contributed by atoms with Gasteiger partial charge in [-0.3, -0.25) is 4.79 Å². The van der Waals surface area contributed by atoms with Crippen molar-refractivity contribution in [1.82, 2.24) is 15.0 Å². The van der Waals surface area contributed by atoms with Gasteiger partial charge in [0.25, 0.3) is 0 Å². The molecule has 27 heavy (non-hydrogen) atoms. The van der Waals surface area contributed by atoms with Gasteiger partial charge in [-0.1, -0.05) is 0 Å². The molecule has 1 fully saturated rings. The predicted molar refractivity (Wildman–Crippen MR) is 97.9 cm³/mol. The molecule has 1 aliphatic heterocycles. The molecule has 0 radical (unpaired) electrons. The van der Waals surface area contributed by atoms with Gasteiger partial charge in [-0.25, -0.2) is 4.98 Å². The average Bonchev–Trinajstić information content (AvgIpc) is 3.00. The maximum Gasteiger partial charge on any atom is 0.408 e. The number of nitrogens with one attached hydrogen (secondary N) is 2. The van der Waals surface area contributed by atoms with Gasteiger partial charge >= 0.3 is 6.18 Å². The van der Waals surface area contributed by atoms with Gasteiger partial charge < -0.3 is 14.9 Å². The van der Waals surface area contributed by atoms with Crippen LogP contribution in [0.3, 0.4) is 0 Å². The monoisotopic (exact) mass is 376 g/mol. The lowest BCUT2D eigenvalue weighted by molar-refractivity contribution is -0.152. The first-order valence-electron chi connectivity index (χ1n) is 8.85. The Morgan fingerprint density at radius 3 is 2.78 bits per heavy atom. The molecule has 142 valence electrons. The number of anilines is 1. The number of piperidine rings is 1. The fourth-order valence-corrected chi connectivity index (χ4v) is 3.81. The van der Waals surface area contributed by atoms with E-state index in [0.717, 1.165) is 16.6 Å². The second-order valence-corrected chi connectivity index (χ2v) is 6.94. The first-order chi connectivity index (χ1) is 12.8. The Morgan fingerprint density at radius 2 is 2.00 bits per heavy atom. The number of fused-ring (bicyclic) bond motifs is 1. The molecule has 3 aromatic rings. The number of H-pyrrole nitrogens is 2. The van der Waals surface area contributed by atoms with E-state index in [1.165, 1.54) is 11.0 Å². The second kappa shape index (κ2) is 6.44. The molecule has 0 saturated carbocycles. The highest BCUT2D eigenvalue weighted by atomic mass is 19.4. The first-order valence-corrected chi connectivity index (χ1v) is 8.85. The molecule has 3 aromatic heterocycles. The number of aromatic nitrogens is 3. The van der Waals surface area contributed by atoms with E-state index in [2.05, 4.69) is 15.0 Å². The van der Waals surface area contributed by atoms with Crippen LogP contribution in [0.25, 0.3) is 22.2 Å². The summed E-state index contributed by atoms with van der Waals surface area (Å²) in [5, 5.41) is 0.831. The number of hydrogen-bond acceptors (Lipinski definition) is 3. The number of aryl methyl sites for hydroxylation is 1. The topological polar surface area (TPSA) is 64.8 Å². The highest BCUT2D eigenvalue weighted by molar-refractivity contribution is 5.93. The summed E-state index contributed by atoms with van der Waals surface area (Å²) in [6.07, 6.45) is -1.50. The Hall–Kier alpha value is -2.77. The zero-order valence-corrected chi connectivity index (χ0v) is 14.7. The molecule has 1 aliphatic rings. The van der Waals surface area contributed by atoms with Crippen molar-refractivity contribution in [3.05, 3.63) is 46.5 Å². The van der Waals surface area contributed by atoms with Crippen LogP contribution in [-0.4, -0.2) is 33.7 Å². The van der Waals surface area contributed by atoms with Crippen molar-refractivity contribution in [3.8, 4) is 11.1 Å². The summed E-state index contributed by atoms with van der Waals surface area (Å²) in [6, 6.07) is 5.14. The lowest BCUT2D eigenvalue weighted by Gasteiger charge is -2.38. The van der Waals surface area contributed by atoms with Gasteiger partial charge in [-0.15, -0.1) is 0 Å². The Bertz CT molecular complexity index is 1040. The summed E-state index contributed by atoms with van der Waals surface area (Å²) in [6.45, 7) is 2.16. The summed E-state index contributed by atoms with van der Waals surface area (Å²) < 4.78 is 40.4. The highest BCUT2D eigenvalue weighted by Gasteiger charge is 2.45. The third-order valence-corrected chi connectivity index (χ3v) is 5.00. The second-order valence-electron chi connectivity index (χ2n) is 6.94. The van der Waals surface area contributed by atoms with E-state index in [-0.39, 0.29) is 18.8 Å². The van der Waals surface area contributed by atoms with Crippen molar-refractivity contribution in [2.45, 2.75) is 38.4 Å². The van der Waals surface area contributed by atoms with Crippen molar-refractivity contribution < 1.29 is 13.2 Å². The molecule has 0 aromatic carbocycles. The molecule has 1 saturated heterocycles. The molecule has 1 unspecified atom stereocenters. The van der Waals surface area contributed by atoms with E-state index in [4.69, 9.17) is 0 Å². The average molecular weight is 376 g/mol. The van der Waals surface area contributed by atoms with Gasteiger partial charge in [-0.2, -0.15) is 13.2 Å². The van der Waals surface area contributed by atoms with Crippen molar-refractivity contribution in [2.24, 2.45) is 0 Å². The summed E-state index contributed by atoms with van der Waals surface area (Å²) in [7, 11) is 0. The third kappa shape index (κ3) is 3.31. The number of aromatic amines is 2. The molecule has 1 atom stereocenters. The zero-order valence-electron chi connectivity index (χ0n) is 14.7. The molecule has 4 heterocycles. The minimum Gasteiger partial charge on any atom is -0.346 e. The third-order valence-electron chi connectivity index (χ3n) is 5.00. The molecule has 0 bridgehead atoms. The van der Waals surface area contributed by atoms with Crippen LogP contribution in [0.2, 0.25) is 0 Å². The largest absolute Gasteiger partial charge is 0.408 e. The number of pyridine rings is 2. The minimum atomic E-state index is -4.34. The Labute approximate surface area is 153 Å². The number of nitrogens with zero attached hydrogens (tertiary/aromatic N) is 2. The predicted octanol–water partition coefficient (Wildman–Crippen LogP) is 4.15. The molecule has 0 spiro atoms. The quantitative estimate of drug-likeness (QED) is 0.706. The summed E-state index contributed by atoms with van der Waals surface area (Å²) >= 11 is 0. The maximum absolute atomic E-state index is 13.5. The Morgan fingerprint density at radius 1 is 1.19 bits per heavy atom. The van der Waals surface area contributed by atoms with E-state index < -0.39 is 17.8 Å². The van der Waals surface area contributed by atoms with E-state index in [1.54, 1.807) is 18.3 Å². The summed E-state index contributed by atoms with van der Waals surface area (Å²) in [5.41, 5.74) is 2.51. The van der Waals surface area contributed by atoms with Crippen LogP contribution < -0.4 is 10.5 Å². The van der Waals surface area contributed by atoms with Crippen molar-refractivity contribution in [1.29, 1.82) is 0 Å². The molecule has 2 N–H and O–H groups in total. The van der Waals surface area contributed by atoms with E-state index in [9.17, 15) is 18.0 Å². The van der Waals surface area contributed by atoms with Gasteiger partial charge in [0.15, 0.2) is 0 Å². The first kappa shape index (κ1) is 17.6.